The van der Waals surface area contributed by atoms with Gasteiger partial charge in [-0.05, 0) is 6.92 Å². The van der Waals surface area contributed by atoms with E-state index in [2.05, 4.69) is 0 Å². The van der Waals surface area contributed by atoms with Crippen LogP contribution in [0.4, 0.5) is 14.5 Å². The van der Waals surface area contributed by atoms with E-state index in [4.69, 9.17) is 5.26 Å². The van der Waals surface area contributed by atoms with E-state index in [1.165, 1.54) is 6.92 Å². The molecule has 0 bridgehead atoms. The highest BCUT2D eigenvalue weighted by molar-refractivity contribution is 7.89. The average molecular weight is 305 g/mol. The molecule has 0 saturated carbocycles. The fourth-order valence-electron chi connectivity index (χ4n) is 1.22. The first kappa shape index (κ1) is 15.9. The molecule has 0 radical (unpaired) electrons. The smallest absolute Gasteiger partial charge is 0.258 e. The third-order valence-electron chi connectivity index (χ3n) is 2.29. The first-order chi connectivity index (χ1) is 9.19. The van der Waals surface area contributed by atoms with Gasteiger partial charge in [0.1, 0.15) is 10.7 Å². The molecule has 1 rings (SSSR count). The molecule has 0 spiro atoms. The van der Waals surface area contributed by atoms with Crippen LogP contribution >= 0.6 is 0 Å². The lowest BCUT2D eigenvalue weighted by atomic mass is 10.2. The number of nitrogens with zero attached hydrogens (tertiary/aromatic N) is 2. The van der Waals surface area contributed by atoms with Crippen molar-refractivity contribution in [1.29, 1.82) is 5.26 Å². The van der Waals surface area contributed by atoms with Gasteiger partial charge in [-0.2, -0.15) is 9.65 Å². The van der Waals surface area contributed by atoms with Crippen molar-refractivity contribution >= 4 is 15.7 Å². The van der Waals surface area contributed by atoms with Crippen LogP contribution < -0.4 is 4.72 Å². The number of rotatable bonds is 5. The SMILES string of the molecule is CC(C#N)CNS(=O)(=O)c1cc([N+](=O)[O-])c(F)cc1F. The van der Waals surface area contributed by atoms with Crippen molar-refractivity contribution in [1.82, 2.24) is 4.72 Å². The summed E-state index contributed by atoms with van der Waals surface area (Å²) in [6.07, 6.45) is 0. The lowest BCUT2D eigenvalue weighted by molar-refractivity contribution is -0.387. The van der Waals surface area contributed by atoms with Gasteiger partial charge >= 0.3 is 5.69 Å². The molecule has 20 heavy (non-hydrogen) atoms. The van der Waals surface area contributed by atoms with Crippen LogP contribution in [0.3, 0.4) is 0 Å². The molecule has 10 heteroatoms. The fourth-order valence-corrected chi connectivity index (χ4v) is 2.43. The molecule has 0 aliphatic carbocycles. The van der Waals surface area contributed by atoms with Crippen LogP contribution in [0.25, 0.3) is 0 Å². The number of nitriles is 1. The van der Waals surface area contributed by atoms with Crippen molar-refractivity contribution in [3.63, 3.8) is 0 Å². The predicted molar refractivity (Wildman–Crippen MR) is 63.0 cm³/mol. The first-order valence-corrected chi connectivity index (χ1v) is 6.70. The Labute approximate surface area is 113 Å². The summed E-state index contributed by atoms with van der Waals surface area (Å²) < 4.78 is 52.0. The zero-order valence-corrected chi connectivity index (χ0v) is 10.9. The first-order valence-electron chi connectivity index (χ1n) is 5.21. The van der Waals surface area contributed by atoms with Gasteiger partial charge in [-0.1, -0.05) is 0 Å². The zero-order chi connectivity index (χ0) is 15.5. The molecule has 1 unspecified atom stereocenters. The minimum atomic E-state index is -4.42. The second kappa shape index (κ2) is 5.89. The zero-order valence-electron chi connectivity index (χ0n) is 10.1. The molecule has 108 valence electrons. The van der Waals surface area contributed by atoms with Crippen LogP contribution in [0.5, 0.6) is 0 Å². The predicted octanol–water partition coefficient (Wildman–Crippen LogP) is 1.31. The monoisotopic (exact) mass is 305 g/mol. The topological polar surface area (TPSA) is 113 Å². The van der Waals surface area contributed by atoms with Gasteiger partial charge < -0.3 is 0 Å². The minimum absolute atomic E-state index is 0.125. The van der Waals surface area contributed by atoms with Crippen molar-refractivity contribution in [2.75, 3.05) is 6.54 Å². The van der Waals surface area contributed by atoms with Crippen molar-refractivity contribution in [2.45, 2.75) is 11.8 Å². The largest absolute Gasteiger partial charge is 0.306 e. The van der Waals surface area contributed by atoms with Crippen LogP contribution in [0.2, 0.25) is 0 Å². The Kier molecular flexibility index (Phi) is 4.69. The molecule has 0 heterocycles. The standard InChI is InChI=1S/C10H9F2N3O4S/c1-6(4-13)5-14-20(18,19)10-3-9(15(16)17)7(11)2-8(10)12/h2-3,6,14H,5H2,1H3. The van der Waals surface area contributed by atoms with E-state index in [1.54, 1.807) is 6.07 Å². The Morgan fingerprint density at radius 2 is 2.05 bits per heavy atom. The van der Waals surface area contributed by atoms with Gasteiger partial charge in [0, 0.05) is 18.7 Å². The summed E-state index contributed by atoms with van der Waals surface area (Å²) in [7, 11) is -4.42. The fraction of sp³-hybridized carbons (Fsp3) is 0.300. The van der Waals surface area contributed by atoms with Gasteiger partial charge in [-0.15, -0.1) is 0 Å². The number of nitro benzene ring substituents is 1. The maximum absolute atomic E-state index is 13.4. The second-order valence-corrected chi connectivity index (χ2v) is 5.61. The van der Waals surface area contributed by atoms with E-state index >= 15 is 0 Å². The second-order valence-electron chi connectivity index (χ2n) is 3.87. The van der Waals surface area contributed by atoms with Crippen LogP contribution in [0.15, 0.2) is 17.0 Å². The highest BCUT2D eigenvalue weighted by atomic mass is 32.2. The molecule has 1 N–H and O–H groups in total. The Bertz CT molecular complexity index is 684. The molecule has 0 saturated heterocycles. The summed E-state index contributed by atoms with van der Waals surface area (Å²) in [5, 5.41) is 19.0. The summed E-state index contributed by atoms with van der Waals surface area (Å²) in [5.74, 6) is -3.61. The van der Waals surface area contributed by atoms with Gasteiger partial charge in [0.25, 0.3) is 0 Å². The lowest BCUT2D eigenvalue weighted by Crippen LogP contribution is -2.28. The summed E-state index contributed by atoms with van der Waals surface area (Å²) in [6.45, 7) is 1.12. The van der Waals surface area contributed by atoms with E-state index in [-0.39, 0.29) is 12.6 Å². The number of halogens is 2. The van der Waals surface area contributed by atoms with Gasteiger partial charge in [0.15, 0.2) is 0 Å². The Balaban J connectivity index is 3.22. The van der Waals surface area contributed by atoms with E-state index in [1.807, 2.05) is 4.72 Å². The Hall–Kier alpha value is -2.12. The molecule has 0 fully saturated rings. The molecule has 0 aliphatic heterocycles. The van der Waals surface area contributed by atoms with Gasteiger partial charge in [0.2, 0.25) is 15.8 Å². The van der Waals surface area contributed by atoms with E-state index < -0.39 is 43.1 Å². The van der Waals surface area contributed by atoms with E-state index in [0.717, 1.165) is 0 Å². The number of hydrogen-bond acceptors (Lipinski definition) is 5. The normalized spacial score (nSPS) is 12.7. The molecule has 0 aromatic heterocycles. The minimum Gasteiger partial charge on any atom is -0.258 e. The molecule has 1 aromatic rings. The molecular formula is C10H9F2N3O4S. The summed E-state index contributed by atoms with van der Waals surface area (Å²) in [4.78, 5) is 8.30. The average Bonchev–Trinajstić information content (AvgIpc) is 2.35. The van der Waals surface area contributed by atoms with Gasteiger partial charge in [-0.25, -0.2) is 17.5 Å². The van der Waals surface area contributed by atoms with Crippen LogP contribution in [-0.2, 0) is 10.0 Å². The maximum atomic E-state index is 13.4. The highest BCUT2D eigenvalue weighted by Gasteiger charge is 2.26. The van der Waals surface area contributed by atoms with Crippen molar-refractivity contribution in [3.05, 3.63) is 33.9 Å². The number of sulfonamides is 1. The molecular weight excluding hydrogens is 296 g/mol. The summed E-state index contributed by atoms with van der Waals surface area (Å²) in [6, 6.07) is 2.17. The third kappa shape index (κ3) is 3.46. The van der Waals surface area contributed by atoms with E-state index in [0.29, 0.717) is 6.07 Å². The number of benzene rings is 1. The molecule has 0 amide bonds. The number of nitrogens with one attached hydrogen (secondary N) is 1. The maximum Gasteiger partial charge on any atom is 0.306 e. The van der Waals surface area contributed by atoms with Crippen LogP contribution in [0, 0.1) is 39.0 Å². The van der Waals surface area contributed by atoms with E-state index in [9.17, 15) is 27.3 Å². The Morgan fingerprint density at radius 1 is 1.45 bits per heavy atom. The van der Waals surface area contributed by atoms with Gasteiger partial charge in [0.05, 0.1) is 16.9 Å². The lowest BCUT2D eigenvalue weighted by Gasteiger charge is -2.08. The Morgan fingerprint density at radius 3 is 2.55 bits per heavy atom. The quantitative estimate of drug-likeness (QED) is 0.651. The van der Waals surface area contributed by atoms with Crippen LogP contribution in [-0.4, -0.2) is 19.9 Å². The molecule has 0 aliphatic rings. The molecule has 1 atom stereocenters. The van der Waals surface area contributed by atoms with Crippen molar-refractivity contribution in [2.24, 2.45) is 5.92 Å². The highest BCUT2D eigenvalue weighted by Crippen LogP contribution is 2.24. The summed E-state index contributed by atoms with van der Waals surface area (Å²) >= 11 is 0. The molecule has 7 nitrogen and oxygen atoms in total. The summed E-state index contributed by atoms with van der Waals surface area (Å²) in [5.41, 5.74) is -1.15. The number of hydrogen-bond donors (Lipinski definition) is 1. The number of nitro groups is 1. The van der Waals surface area contributed by atoms with Gasteiger partial charge in [-0.3, -0.25) is 10.1 Å². The van der Waals surface area contributed by atoms with Crippen molar-refractivity contribution < 1.29 is 22.1 Å². The van der Waals surface area contributed by atoms with Crippen molar-refractivity contribution in [3.8, 4) is 6.07 Å². The molecule has 1 aromatic carbocycles. The third-order valence-corrected chi connectivity index (χ3v) is 3.73. The van der Waals surface area contributed by atoms with Crippen LogP contribution in [0.1, 0.15) is 6.92 Å².